The average molecular weight is 173 g/mol. The summed E-state index contributed by atoms with van der Waals surface area (Å²) in [6.07, 6.45) is -4.23. The molecule has 0 aromatic heterocycles. The van der Waals surface area contributed by atoms with Gasteiger partial charge in [-0.05, 0) is 0 Å². The molecule has 3 nitrogen and oxygen atoms in total. The van der Waals surface area contributed by atoms with Gasteiger partial charge in [0.25, 0.3) is 0 Å². The smallest absolute Gasteiger partial charge is 0.382 e. The first kappa shape index (κ1) is 10.7. The average Bonchev–Trinajstić information content (AvgIpc) is 1.85. The second-order valence-corrected chi connectivity index (χ2v) is 1.78. The zero-order chi connectivity index (χ0) is 8.74. The van der Waals surface area contributed by atoms with Gasteiger partial charge in [0, 0.05) is 7.11 Å². The first-order valence-corrected chi connectivity index (χ1v) is 2.96. The highest BCUT2D eigenvalue weighted by molar-refractivity contribution is 4.47. The van der Waals surface area contributed by atoms with E-state index in [1.54, 1.807) is 5.48 Å². The number of alkyl halides is 3. The summed E-state index contributed by atoms with van der Waals surface area (Å²) in [7, 11) is 1.44. The largest absolute Gasteiger partial charge is 0.403 e. The summed E-state index contributed by atoms with van der Waals surface area (Å²) < 4.78 is 38.7. The molecule has 6 heteroatoms. The molecule has 11 heavy (non-hydrogen) atoms. The molecule has 0 saturated heterocycles. The van der Waals surface area contributed by atoms with Crippen molar-refractivity contribution in [3.05, 3.63) is 0 Å². The van der Waals surface area contributed by atoms with Gasteiger partial charge in [-0.3, -0.25) is 4.84 Å². The van der Waals surface area contributed by atoms with Crippen molar-refractivity contribution in [3.8, 4) is 0 Å². The van der Waals surface area contributed by atoms with Crippen molar-refractivity contribution >= 4 is 0 Å². The molecule has 0 aliphatic carbocycles. The van der Waals surface area contributed by atoms with Gasteiger partial charge in [0.15, 0.2) is 0 Å². The quantitative estimate of drug-likeness (QED) is 0.490. The minimum absolute atomic E-state index is 0.104. The highest BCUT2D eigenvalue weighted by atomic mass is 19.4. The molecule has 0 radical (unpaired) electrons. The summed E-state index contributed by atoms with van der Waals surface area (Å²) in [5.41, 5.74) is 1.76. The maximum Gasteiger partial charge on any atom is 0.403 e. The fraction of sp³-hybridized carbons (Fsp3) is 1.00. The molecule has 0 amide bonds. The predicted molar refractivity (Wildman–Crippen MR) is 31.9 cm³/mol. The zero-order valence-electron chi connectivity index (χ0n) is 6.07. The van der Waals surface area contributed by atoms with Gasteiger partial charge in [-0.15, -0.1) is 0 Å². The molecular weight excluding hydrogens is 163 g/mol. The molecule has 0 saturated carbocycles. The van der Waals surface area contributed by atoms with Gasteiger partial charge in [0.2, 0.25) is 0 Å². The minimum atomic E-state index is -4.23. The van der Waals surface area contributed by atoms with Crippen LogP contribution in [0, 0.1) is 0 Å². The van der Waals surface area contributed by atoms with E-state index >= 15 is 0 Å². The lowest BCUT2D eigenvalue weighted by atomic mass is 10.7. The van der Waals surface area contributed by atoms with Crippen molar-refractivity contribution in [2.75, 3.05) is 26.9 Å². The van der Waals surface area contributed by atoms with E-state index in [1.807, 2.05) is 0 Å². The Kier molecular flexibility index (Phi) is 5.18. The van der Waals surface area contributed by atoms with Crippen LogP contribution in [-0.2, 0) is 9.57 Å². The summed E-state index contributed by atoms with van der Waals surface area (Å²) in [6.45, 7) is -0.770. The third-order valence-electron chi connectivity index (χ3n) is 0.764. The van der Waals surface area contributed by atoms with E-state index in [1.165, 1.54) is 7.11 Å². The number of ether oxygens (including phenoxy) is 1. The third kappa shape index (κ3) is 9.67. The highest BCUT2D eigenvalue weighted by Gasteiger charge is 2.26. The summed E-state index contributed by atoms with van der Waals surface area (Å²) in [4.78, 5) is 4.36. The molecule has 1 N–H and O–H groups in total. The van der Waals surface area contributed by atoms with Crippen molar-refractivity contribution in [2.45, 2.75) is 6.18 Å². The van der Waals surface area contributed by atoms with Crippen molar-refractivity contribution < 1.29 is 22.7 Å². The molecule has 0 fully saturated rings. The van der Waals surface area contributed by atoms with Gasteiger partial charge in [-0.1, -0.05) is 0 Å². The zero-order valence-corrected chi connectivity index (χ0v) is 6.07. The van der Waals surface area contributed by atoms with Crippen LogP contribution in [0.3, 0.4) is 0 Å². The van der Waals surface area contributed by atoms with Gasteiger partial charge in [-0.2, -0.15) is 18.7 Å². The van der Waals surface area contributed by atoms with E-state index in [0.717, 1.165) is 0 Å². The fourth-order valence-corrected chi connectivity index (χ4v) is 0.330. The number of hydroxylamine groups is 1. The van der Waals surface area contributed by atoms with Gasteiger partial charge < -0.3 is 4.74 Å². The summed E-state index contributed by atoms with van der Waals surface area (Å²) in [6, 6.07) is 0. The number of nitrogens with one attached hydrogen (secondary N) is 1. The number of methoxy groups -OCH3 is 1. The SMILES string of the molecule is COCCONCC(F)(F)F. The van der Waals surface area contributed by atoms with E-state index in [-0.39, 0.29) is 13.2 Å². The molecule has 0 spiro atoms. The lowest BCUT2D eigenvalue weighted by molar-refractivity contribution is -0.150. The van der Waals surface area contributed by atoms with Crippen molar-refractivity contribution in [1.82, 2.24) is 5.48 Å². The van der Waals surface area contributed by atoms with E-state index in [4.69, 9.17) is 0 Å². The van der Waals surface area contributed by atoms with Crippen LogP contribution in [0.4, 0.5) is 13.2 Å². The van der Waals surface area contributed by atoms with E-state index in [0.29, 0.717) is 0 Å². The summed E-state index contributed by atoms with van der Waals surface area (Å²) in [5.74, 6) is 0. The van der Waals surface area contributed by atoms with Gasteiger partial charge in [-0.25, -0.2) is 0 Å². The van der Waals surface area contributed by atoms with Crippen LogP contribution in [0.1, 0.15) is 0 Å². The van der Waals surface area contributed by atoms with Gasteiger partial charge >= 0.3 is 6.18 Å². The van der Waals surface area contributed by atoms with Crippen LogP contribution < -0.4 is 5.48 Å². The molecule has 0 atom stereocenters. The number of halogens is 3. The maximum absolute atomic E-state index is 11.4. The Labute approximate surface area is 62.4 Å². The molecular formula is C5H10F3NO2. The number of hydrogen-bond acceptors (Lipinski definition) is 3. The molecule has 68 valence electrons. The second kappa shape index (κ2) is 5.34. The van der Waals surface area contributed by atoms with Crippen LogP contribution in [0.5, 0.6) is 0 Å². The first-order valence-electron chi connectivity index (χ1n) is 2.96. The molecule has 0 aromatic carbocycles. The topological polar surface area (TPSA) is 30.5 Å². The van der Waals surface area contributed by atoms with Crippen molar-refractivity contribution in [1.29, 1.82) is 0 Å². The molecule has 0 aliphatic rings. The normalized spacial score (nSPS) is 12.0. The molecule has 0 rings (SSSR count). The van der Waals surface area contributed by atoms with Crippen LogP contribution >= 0.6 is 0 Å². The Morgan fingerprint density at radius 3 is 2.36 bits per heavy atom. The van der Waals surface area contributed by atoms with Crippen LogP contribution in [0.2, 0.25) is 0 Å². The Morgan fingerprint density at radius 1 is 1.27 bits per heavy atom. The number of rotatable bonds is 5. The van der Waals surface area contributed by atoms with Gasteiger partial charge in [0.05, 0.1) is 13.2 Å². The van der Waals surface area contributed by atoms with Crippen LogP contribution in [0.15, 0.2) is 0 Å². The molecule has 0 unspecified atom stereocenters. The minimum Gasteiger partial charge on any atom is -0.382 e. The van der Waals surface area contributed by atoms with Crippen molar-refractivity contribution in [2.24, 2.45) is 0 Å². The molecule has 0 heterocycles. The fourth-order valence-electron chi connectivity index (χ4n) is 0.330. The van der Waals surface area contributed by atoms with E-state index in [9.17, 15) is 13.2 Å². The Bertz CT molecular complexity index is 96.2. The Hall–Kier alpha value is -0.330. The lowest BCUT2D eigenvalue weighted by Crippen LogP contribution is -2.29. The number of hydrogen-bond donors (Lipinski definition) is 1. The molecule has 0 aromatic rings. The van der Waals surface area contributed by atoms with Crippen LogP contribution in [0.25, 0.3) is 0 Å². The monoisotopic (exact) mass is 173 g/mol. The summed E-state index contributed by atoms with van der Waals surface area (Å²) in [5, 5.41) is 0. The van der Waals surface area contributed by atoms with E-state index < -0.39 is 12.7 Å². The first-order chi connectivity index (χ1) is 5.06. The third-order valence-corrected chi connectivity index (χ3v) is 0.764. The molecule has 0 bridgehead atoms. The van der Waals surface area contributed by atoms with E-state index in [2.05, 4.69) is 9.57 Å². The van der Waals surface area contributed by atoms with Crippen LogP contribution in [-0.4, -0.2) is 33.0 Å². The second-order valence-electron chi connectivity index (χ2n) is 1.78. The Morgan fingerprint density at radius 2 is 1.91 bits per heavy atom. The predicted octanol–water partition coefficient (Wildman–Crippen LogP) is 0.716. The molecule has 0 aliphatic heterocycles. The van der Waals surface area contributed by atoms with Crippen molar-refractivity contribution in [3.63, 3.8) is 0 Å². The van der Waals surface area contributed by atoms with Gasteiger partial charge in [0.1, 0.15) is 6.54 Å². The highest BCUT2D eigenvalue weighted by Crippen LogP contribution is 2.11. The lowest BCUT2D eigenvalue weighted by Gasteiger charge is -2.07. The summed E-state index contributed by atoms with van der Waals surface area (Å²) >= 11 is 0. The standard InChI is InChI=1S/C5H10F3NO2/c1-10-2-3-11-9-4-5(6,7)8/h9H,2-4H2,1H3. The Balaban J connectivity index is 3.02. The maximum atomic E-state index is 11.4.